The number of rotatable bonds is 4. The van der Waals surface area contributed by atoms with Gasteiger partial charge in [-0.2, -0.15) is 0 Å². The number of benzene rings is 1. The molecule has 0 fully saturated rings. The molecule has 0 bridgehead atoms. The Bertz CT molecular complexity index is 631. The van der Waals surface area contributed by atoms with Gasteiger partial charge in [-0.15, -0.1) is 0 Å². The van der Waals surface area contributed by atoms with Crippen molar-refractivity contribution in [2.45, 2.75) is 20.8 Å². The van der Waals surface area contributed by atoms with Crippen molar-refractivity contribution in [1.29, 1.82) is 0 Å². The highest BCUT2D eigenvalue weighted by Gasteiger charge is 2.09. The summed E-state index contributed by atoms with van der Waals surface area (Å²) < 4.78 is 13.6. The molecule has 0 aliphatic carbocycles. The molecule has 2 N–H and O–H groups in total. The van der Waals surface area contributed by atoms with E-state index in [-0.39, 0.29) is 5.82 Å². The molecule has 0 atom stereocenters. The number of aromatic nitrogens is 2. The van der Waals surface area contributed by atoms with Crippen LogP contribution < -0.4 is 10.6 Å². The molecule has 0 saturated carbocycles. The van der Waals surface area contributed by atoms with Gasteiger partial charge in [0.05, 0.1) is 4.47 Å². The number of nitrogens with one attached hydrogen (secondary N) is 2. The van der Waals surface area contributed by atoms with Crippen molar-refractivity contribution in [2.75, 3.05) is 17.2 Å². The van der Waals surface area contributed by atoms with Crippen LogP contribution in [0.4, 0.5) is 21.7 Å². The van der Waals surface area contributed by atoms with E-state index in [1.807, 2.05) is 20.8 Å². The smallest absolute Gasteiger partial charge is 0.139 e. The third-order valence-electron chi connectivity index (χ3n) is 2.78. The normalized spacial score (nSPS) is 10.4. The molecular formula is C14H16BrFN4. The topological polar surface area (TPSA) is 49.8 Å². The van der Waals surface area contributed by atoms with Crippen molar-refractivity contribution in [3.05, 3.63) is 39.9 Å². The first-order valence-electron chi connectivity index (χ1n) is 6.32. The minimum Gasteiger partial charge on any atom is -0.370 e. The highest BCUT2D eigenvalue weighted by atomic mass is 79.9. The molecule has 2 rings (SSSR count). The second-order valence-corrected chi connectivity index (χ2v) is 5.23. The fraction of sp³-hybridized carbons (Fsp3) is 0.286. The molecule has 0 aliphatic rings. The Morgan fingerprint density at radius 3 is 2.55 bits per heavy atom. The Kier molecular flexibility index (Phi) is 4.54. The molecule has 2 aromatic rings. The molecule has 4 nitrogen and oxygen atoms in total. The van der Waals surface area contributed by atoms with Crippen molar-refractivity contribution in [3.8, 4) is 0 Å². The van der Waals surface area contributed by atoms with E-state index in [2.05, 4.69) is 36.5 Å². The van der Waals surface area contributed by atoms with Gasteiger partial charge in [0, 0.05) is 17.8 Å². The van der Waals surface area contributed by atoms with Crippen molar-refractivity contribution < 1.29 is 4.39 Å². The molecule has 0 saturated heterocycles. The second kappa shape index (κ2) is 6.17. The molecule has 1 heterocycles. The Hall–Kier alpha value is -1.69. The van der Waals surface area contributed by atoms with Crippen LogP contribution in [-0.2, 0) is 0 Å². The summed E-state index contributed by atoms with van der Waals surface area (Å²) in [6, 6.07) is 4.75. The van der Waals surface area contributed by atoms with Gasteiger partial charge < -0.3 is 10.6 Å². The average molecular weight is 339 g/mol. The van der Waals surface area contributed by atoms with Crippen LogP contribution in [0, 0.1) is 19.7 Å². The van der Waals surface area contributed by atoms with Crippen LogP contribution in [0.15, 0.2) is 22.7 Å². The maximum atomic E-state index is 13.2. The maximum Gasteiger partial charge on any atom is 0.139 e. The standard InChI is InChI=1S/C14H16BrFN4/c1-4-17-13-8(2)14(19-9(3)18-13)20-10-5-6-12(16)11(15)7-10/h5-7H,4H2,1-3H3,(H2,17,18,19,20). The third kappa shape index (κ3) is 3.25. The van der Waals surface area contributed by atoms with E-state index in [1.54, 1.807) is 12.1 Å². The van der Waals surface area contributed by atoms with Crippen LogP contribution in [0.3, 0.4) is 0 Å². The van der Waals surface area contributed by atoms with Gasteiger partial charge in [0.1, 0.15) is 23.3 Å². The van der Waals surface area contributed by atoms with Crippen LogP contribution in [0.1, 0.15) is 18.3 Å². The second-order valence-electron chi connectivity index (χ2n) is 4.38. The number of hydrogen-bond acceptors (Lipinski definition) is 4. The van der Waals surface area contributed by atoms with Crippen LogP contribution in [0.2, 0.25) is 0 Å². The fourth-order valence-electron chi connectivity index (χ4n) is 1.80. The first kappa shape index (κ1) is 14.7. The summed E-state index contributed by atoms with van der Waals surface area (Å²) in [6.07, 6.45) is 0. The van der Waals surface area contributed by atoms with E-state index in [0.717, 1.165) is 23.6 Å². The molecule has 0 radical (unpaired) electrons. The van der Waals surface area contributed by atoms with E-state index < -0.39 is 0 Å². The van der Waals surface area contributed by atoms with Gasteiger partial charge in [0.25, 0.3) is 0 Å². The van der Waals surface area contributed by atoms with Crippen LogP contribution in [-0.4, -0.2) is 16.5 Å². The van der Waals surface area contributed by atoms with Crippen LogP contribution >= 0.6 is 15.9 Å². The van der Waals surface area contributed by atoms with Crippen molar-refractivity contribution in [1.82, 2.24) is 9.97 Å². The zero-order chi connectivity index (χ0) is 14.7. The van der Waals surface area contributed by atoms with Gasteiger partial charge >= 0.3 is 0 Å². The summed E-state index contributed by atoms with van der Waals surface area (Å²) in [5, 5.41) is 6.40. The summed E-state index contributed by atoms with van der Waals surface area (Å²) in [5.74, 6) is 1.91. The van der Waals surface area contributed by atoms with Crippen LogP contribution in [0.5, 0.6) is 0 Å². The quantitative estimate of drug-likeness (QED) is 0.878. The summed E-state index contributed by atoms with van der Waals surface area (Å²) in [6.45, 7) is 6.59. The van der Waals surface area contributed by atoms with Gasteiger partial charge in [0.2, 0.25) is 0 Å². The molecule has 1 aromatic heterocycles. The molecule has 6 heteroatoms. The molecule has 106 valence electrons. The zero-order valence-electron chi connectivity index (χ0n) is 11.6. The molecule has 0 amide bonds. The molecule has 0 aliphatic heterocycles. The highest BCUT2D eigenvalue weighted by molar-refractivity contribution is 9.10. The van der Waals surface area contributed by atoms with Gasteiger partial charge in [-0.3, -0.25) is 0 Å². The Morgan fingerprint density at radius 2 is 1.90 bits per heavy atom. The highest BCUT2D eigenvalue weighted by Crippen LogP contribution is 2.26. The number of nitrogens with zero attached hydrogens (tertiary/aromatic N) is 2. The zero-order valence-corrected chi connectivity index (χ0v) is 13.2. The maximum absolute atomic E-state index is 13.2. The summed E-state index contributed by atoms with van der Waals surface area (Å²) >= 11 is 3.17. The summed E-state index contributed by atoms with van der Waals surface area (Å²) in [5.41, 5.74) is 1.69. The van der Waals surface area contributed by atoms with E-state index in [4.69, 9.17) is 0 Å². The Balaban J connectivity index is 2.35. The number of halogens is 2. The number of hydrogen-bond donors (Lipinski definition) is 2. The summed E-state index contributed by atoms with van der Waals surface area (Å²) in [7, 11) is 0. The van der Waals surface area contributed by atoms with E-state index in [9.17, 15) is 4.39 Å². The van der Waals surface area contributed by atoms with Gasteiger partial charge in [-0.1, -0.05) is 0 Å². The van der Waals surface area contributed by atoms with Crippen molar-refractivity contribution in [3.63, 3.8) is 0 Å². The van der Waals surface area contributed by atoms with Gasteiger partial charge in [-0.25, -0.2) is 14.4 Å². The van der Waals surface area contributed by atoms with Gasteiger partial charge in [-0.05, 0) is 54.9 Å². The van der Waals surface area contributed by atoms with Crippen LogP contribution in [0.25, 0.3) is 0 Å². The van der Waals surface area contributed by atoms with E-state index >= 15 is 0 Å². The summed E-state index contributed by atoms with van der Waals surface area (Å²) in [4.78, 5) is 8.76. The number of anilines is 3. The lowest BCUT2D eigenvalue weighted by Crippen LogP contribution is -2.07. The van der Waals surface area contributed by atoms with Gasteiger partial charge in [0.15, 0.2) is 0 Å². The minimum atomic E-state index is -0.292. The lowest BCUT2D eigenvalue weighted by molar-refractivity contribution is 0.621. The van der Waals surface area contributed by atoms with E-state index in [0.29, 0.717) is 16.1 Å². The molecule has 0 spiro atoms. The lowest BCUT2D eigenvalue weighted by Gasteiger charge is -2.13. The Morgan fingerprint density at radius 1 is 1.20 bits per heavy atom. The molecule has 20 heavy (non-hydrogen) atoms. The first-order valence-corrected chi connectivity index (χ1v) is 7.11. The third-order valence-corrected chi connectivity index (χ3v) is 3.39. The molecule has 1 aromatic carbocycles. The average Bonchev–Trinajstić information content (AvgIpc) is 2.39. The largest absolute Gasteiger partial charge is 0.370 e. The first-order chi connectivity index (χ1) is 9.51. The molecule has 0 unspecified atom stereocenters. The molecular weight excluding hydrogens is 323 g/mol. The predicted octanol–water partition coefficient (Wildman–Crippen LogP) is 4.17. The number of aryl methyl sites for hydroxylation is 1. The van der Waals surface area contributed by atoms with Crippen molar-refractivity contribution in [2.24, 2.45) is 0 Å². The van der Waals surface area contributed by atoms with E-state index in [1.165, 1.54) is 6.07 Å². The van der Waals surface area contributed by atoms with Crippen molar-refractivity contribution >= 4 is 33.3 Å². The SMILES string of the molecule is CCNc1nc(C)nc(Nc2ccc(F)c(Br)c2)c1C. The monoisotopic (exact) mass is 338 g/mol. The lowest BCUT2D eigenvalue weighted by atomic mass is 10.2. The predicted molar refractivity (Wildman–Crippen MR) is 83.1 cm³/mol. The minimum absolute atomic E-state index is 0.292. The Labute approximate surface area is 126 Å². The fourth-order valence-corrected chi connectivity index (χ4v) is 2.18.